The van der Waals surface area contributed by atoms with Crippen molar-refractivity contribution in [1.29, 1.82) is 0 Å². The fourth-order valence-corrected chi connectivity index (χ4v) is 6.62. The fourth-order valence-electron chi connectivity index (χ4n) is 5.46. The number of nitrogens with one attached hydrogen (secondary N) is 1. The van der Waals surface area contributed by atoms with E-state index in [0.717, 1.165) is 42.8 Å². The molecule has 2 aliphatic rings. The van der Waals surface area contributed by atoms with Gasteiger partial charge in [0.1, 0.15) is 0 Å². The smallest absolute Gasteiger partial charge is 0.226 e. The van der Waals surface area contributed by atoms with Crippen LogP contribution in [-0.2, 0) is 4.79 Å². The second-order valence-corrected chi connectivity index (χ2v) is 10.1. The van der Waals surface area contributed by atoms with Crippen LogP contribution in [0.25, 0.3) is 26.7 Å². The molecule has 2 unspecified atom stereocenters. The summed E-state index contributed by atoms with van der Waals surface area (Å²) in [7, 11) is 0. The lowest BCUT2D eigenvalue weighted by Crippen LogP contribution is -2.41. The zero-order chi connectivity index (χ0) is 21.5. The third-order valence-corrected chi connectivity index (χ3v) is 8.34. The minimum atomic E-state index is 0.0624. The number of benzene rings is 2. The maximum atomic E-state index is 13.6. The average Bonchev–Trinajstić information content (AvgIpc) is 3.48. The van der Waals surface area contributed by atoms with Gasteiger partial charge in [0.15, 0.2) is 0 Å². The van der Waals surface area contributed by atoms with Gasteiger partial charge in [0.25, 0.3) is 0 Å². The molecule has 4 nitrogen and oxygen atoms in total. The number of H-pyrrole nitrogens is 1. The molecule has 5 heteroatoms. The van der Waals surface area contributed by atoms with Crippen LogP contribution in [0.3, 0.4) is 0 Å². The van der Waals surface area contributed by atoms with Gasteiger partial charge in [0.05, 0.1) is 15.2 Å². The van der Waals surface area contributed by atoms with Gasteiger partial charge in [-0.2, -0.15) is 0 Å². The second-order valence-electron chi connectivity index (χ2n) is 9.03. The predicted octanol–water partition coefficient (Wildman–Crippen LogP) is 6.37. The summed E-state index contributed by atoms with van der Waals surface area (Å²) in [5, 5.41) is 2.41. The van der Waals surface area contributed by atoms with E-state index in [-0.39, 0.29) is 11.8 Å². The van der Waals surface area contributed by atoms with E-state index in [1.807, 2.05) is 6.07 Å². The van der Waals surface area contributed by atoms with E-state index in [2.05, 4.69) is 64.6 Å². The quantitative estimate of drug-likeness (QED) is 0.402. The molecule has 1 aliphatic heterocycles. The Hall–Kier alpha value is -2.92. The molecule has 1 amide bonds. The van der Waals surface area contributed by atoms with Crippen LogP contribution in [-0.4, -0.2) is 33.9 Å². The molecule has 32 heavy (non-hydrogen) atoms. The molecule has 2 aromatic heterocycles. The van der Waals surface area contributed by atoms with Crippen molar-refractivity contribution in [3.8, 4) is 0 Å². The molecule has 1 fully saturated rings. The topological polar surface area (TPSA) is 49.0 Å². The Labute approximate surface area is 192 Å². The highest BCUT2D eigenvalue weighted by atomic mass is 32.1. The highest BCUT2D eigenvalue weighted by molar-refractivity contribution is 7.18. The number of hydrogen-bond donors (Lipinski definition) is 1. The predicted molar refractivity (Wildman–Crippen MR) is 132 cm³/mol. The van der Waals surface area contributed by atoms with E-state index in [4.69, 9.17) is 4.98 Å². The lowest BCUT2D eigenvalue weighted by molar-refractivity contribution is -0.136. The van der Waals surface area contributed by atoms with Crippen LogP contribution in [0.4, 0.5) is 0 Å². The third kappa shape index (κ3) is 3.45. The molecular weight excluding hydrogens is 414 g/mol. The highest BCUT2D eigenvalue weighted by Gasteiger charge is 2.36. The summed E-state index contributed by atoms with van der Waals surface area (Å²) >= 11 is 1.77. The van der Waals surface area contributed by atoms with E-state index in [1.54, 1.807) is 11.3 Å². The van der Waals surface area contributed by atoms with Crippen molar-refractivity contribution >= 4 is 43.9 Å². The normalized spacial score (nSPS) is 21.8. The number of aromatic nitrogens is 2. The Morgan fingerprint density at radius 1 is 1.06 bits per heavy atom. The third-order valence-electron chi connectivity index (χ3n) is 7.17. The van der Waals surface area contributed by atoms with Crippen LogP contribution in [0, 0.1) is 5.92 Å². The van der Waals surface area contributed by atoms with E-state index < -0.39 is 0 Å². The number of aromatic amines is 1. The van der Waals surface area contributed by atoms with Gasteiger partial charge in [-0.15, -0.1) is 11.3 Å². The molecule has 3 heterocycles. The van der Waals surface area contributed by atoms with Crippen molar-refractivity contribution in [3.63, 3.8) is 0 Å². The second kappa shape index (κ2) is 8.21. The lowest BCUT2D eigenvalue weighted by atomic mass is 9.78. The number of para-hydroxylation sites is 2. The number of thiazole rings is 1. The number of fused-ring (bicyclic) bond motifs is 2. The first-order chi connectivity index (χ1) is 15.8. The number of nitrogens with zero attached hydrogens (tertiary/aromatic N) is 2. The summed E-state index contributed by atoms with van der Waals surface area (Å²) in [4.78, 5) is 24.0. The van der Waals surface area contributed by atoms with Gasteiger partial charge in [-0.1, -0.05) is 49.2 Å². The lowest BCUT2D eigenvalue weighted by Gasteiger charge is -2.35. The van der Waals surface area contributed by atoms with Crippen LogP contribution in [0.5, 0.6) is 0 Å². The van der Waals surface area contributed by atoms with Gasteiger partial charge in [-0.05, 0) is 43.0 Å². The standard InChI is InChI=1S/C27H27N3OS/c31-27(21-9-2-1-8-20(21)26-29-24-11-5-6-12-25(24)32-26)30-15-13-18(14-16-30)22-17-28-23-10-4-3-7-19(22)23/h3-7,10-13,17,20-21,28H,1-2,8-9,14-16H2. The van der Waals surface area contributed by atoms with Crippen LogP contribution in [0.15, 0.2) is 60.8 Å². The molecule has 0 bridgehead atoms. The molecule has 0 radical (unpaired) electrons. The highest BCUT2D eigenvalue weighted by Crippen LogP contribution is 2.42. The minimum Gasteiger partial charge on any atom is -0.361 e. The van der Waals surface area contributed by atoms with Crippen LogP contribution in [0.2, 0.25) is 0 Å². The first-order valence-electron chi connectivity index (χ1n) is 11.7. The number of amides is 1. The van der Waals surface area contributed by atoms with E-state index >= 15 is 0 Å². The van der Waals surface area contributed by atoms with Crippen LogP contribution < -0.4 is 0 Å². The first kappa shape index (κ1) is 19.7. The largest absolute Gasteiger partial charge is 0.361 e. The maximum absolute atomic E-state index is 13.6. The summed E-state index contributed by atoms with van der Waals surface area (Å²) in [6.07, 6.45) is 9.66. The van der Waals surface area contributed by atoms with Crippen LogP contribution in [0.1, 0.15) is 48.6 Å². The monoisotopic (exact) mass is 441 g/mol. The van der Waals surface area contributed by atoms with Crippen molar-refractivity contribution in [2.45, 2.75) is 38.0 Å². The van der Waals surface area contributed by atoms with E-state index in [1.165, 1.54) is 33.2 Å². The Kier molecular flexibility index (Phi) is 5.07. The van der Waals surface area contributed by atoms with Gasteiger partial charge < -0.3 is 9.88 Å². The first-order valence-corrected chi connectivity index (χ1v) is 12.5. The van der Waals surface area contributed by atoms with E-state index in [9.17, 15) is 4.79 Å². The molecule has 1 saturated carbocycles. The van der Waals surface area contributed by atoms with Gasteiger partial charge in [0.2, 0.25) is 5.91 Å². The molecule has 2 atom stereocenters. The Bertz CT molecular complexity index is 1280. The minimum absolute atomic E-state index is 0.0624. The van der Waals surface area contributed by atoms with Gasteiger partial charge >= 0.3 is 0 Å². The summed E-state index contributed by atoms with van der Waals surface area (Å²) in [5.41, 5.74) is 4.85. The SMILES string of the molecule is O=C(C1CCCCC1c1nc2ccccc2s1)N1CC=C(c2c[nH]c3ccccc23)CC1. The van der Waals surface area contributed by atoms with Crippen molar-refractivity contribution in [2.24, 2.45) is 5.92 Å². The Morgan fingerprint density at radius 2 is 1.91 bits per heavy atom. The molecule has 1 N–H and O–H groups in total. The maximum Gasteiger partial charge on any atom is 0.226 e. The number of carbonyl (C=O) groups is 1. The zero-order valence-corrected chi connectivity index (χ0v) is 18.9. The molecular formula is C27H27N3OS. The Morgan fingerprint density at radius 3 is 2.78 bits per heavy atom. The van der Waals surface area contributed by atoms with Gasteiger partial charge in [-0.3, -0.25) is 4.79 Å². The average molecular weight is 442 g/mol. The summed E-state index contributed by atoms with van der Waals surface area (Å²) in [5.74, 6) is 0.642. The van der Waals surface area contributed by atoms with Crippen LogP contribution >= 0.6 is 11.3 Å². The Balaban J connectivity index is 1.22. The molecule has 0 saturated heterocycles. The summed E-state index contributed by atoms with van der Waals surface area (Å²) < 4.78 is 1.23. The van der Waals surface area contributed by atoms with Gasteiger partial charge in [0, 0.05) is 47.6 Å². The molecule has 6 rings (SSSR count). The van der Waals surface area contributed by atoms with Crippen molar-refractivity contribution in [2.75, 3.05) is 13.1 Å². The molecule has 162 valence electrons. The van der Waals surface area contributed by atoms with E-state index in [0.29, 0.717) is 12.5 Å². The van der Waals surface area contributed by atoms with Crippen molar-refractivity contribution in [1.82, 2.24) is 14.9 Å². The number of carbonyl (C=O) groups excluding carboxylic acids is 1. The van der Waals surface area contributed by atoms with Crippen molar-refractivity contribution < 1.29 is 4.79 Å². The molecule has 4 aromatic rings. The summed E-state index contributed by atoms with van der Waals surface area (Å²) in [6.45, 7) is 1.50. The fraction of sp³-hybridized carbons (Fsp3) is 0.333. The molecule has 2 aromatic carbocycles. The van der Waals surface area contributed by atoms with Gasteiger partial charge in [-0.25, -0.2) is 4.98 Å². The zero-order valence-electron chi connectivity index (χ0n) is 18.1. The number of rotatable bonds is 3. The molecule has 0 spiro atoms. The number of hydrogen-bond acceptors (Lipinski definition) is 3. The summed E-state index contributed by atoms with van der Waals surface area (Å²) in [6, 6.07) is 16.8. The van der Waals surface area contributed by atoms with Crippen molar-refractivity contribution in [3.05, 3.63) is 71.4 Å². The molecule has 1 aliphatic carbocycles.